The molecule has 0 atom stereocenters. The summed E-state index contributed by atoms with van der Waals surface area (Å²) in [4.78, 5) is 9.04. The van der Waals surface area contributed by atoms with Crippen molar-refractivity contribution in [1.29, 1.82) is 0 Å². The third kappa shape index (κ3) is 2.13. The molecular weight excluding hydrogens is 198 g/mol. The van der Waals surface area contributed by atoms with Gasteiger partial charge in [-0.2, -0.15) is 0 Å². The summed E-state index contributed by atoms with van der Waals surface area (Å²) < 4.78 is 1.93. The van der Waals surface area contributed by atoms with Crippen molar-refractivity contribution < 1.29 is 0 Å². The first-order valence-corrected chi connectivity index (χ1v) is 5.46. The van der Waals surface area contributed by atoms with Gasteiger partial charge in [-0.25, -0.2) is 9.97 Å². The van der Waals surface area contributed by atoms with Gasteiger partial charge in [-0.3, -0.25) is 4.57 Å². The van der Waals surface area contributed by atoms with E-state index in [9.17, 15) is 0 Å². The highest BCUT2D eigenvalue weighted by molar-refractivity contribution is 5.24. The molecule has 84 valence electrons. The fourth-order valence-corrected chi connectivity index (χ4v) is 1.52. The summed E-state index contributed by atoms with van der Waals surface area (Å²) in [5, 5.41) is 0. The normalized spacial score (nSPS) is 11.8. The van der Waals surface area contributed by atoms with Crippen molar-refractivity contribution in [2.75, 3.05) is 0 Å². The summed E-state index contributed by atoms with van der Waals surface area (Å²) >= 11 is 0. The van der Waals surface area contributed by atoms with Gasteiger partial charge in [-0.15, -0.1) is 0 Å². The zero-order valence-corrected chi connectivity index (χ0v) is 10.2. The lowest BCUT2D eigenvalue weighted by Crippen LogP contribution is -2.16. The van der Waals surface area contributed by atoms with Crippen LogP contribution in [0.2, 0.25) is 0 Å². The van der Waals surface area contributed by atoms with Crippen molar-refractivity contribution in [2.24, 2.45) is 0 Å². The lowest BCUT2D eigenvalue weighted by molar-refractivity contribution is 0.563. The second-order valence-electron chi connectivity index (χ2n) is 5.03. The van der Waals surface area contributed by atoms with Crippen molar-refractivity contribution in [3.05, 3.63) is 42.0 Å². The first-order valence-electron chi connectivity index (χ1n) is 5.46. The Balaban J connectivity index is 2.53. The Hall–Kier alpha value is -1.64. The Morgan fingerprint density at radius 3 is 2.25 bits per heavy atom. The largest absolute Gasteiger partial charge is 0.293 e. The molecule has 2 heterocycles. The van der Waals surface area contributed by atoms with E-state index >= 15 is 0 Å². The molecule has 0 spiro atoms. The zero-order chi connectivity index (χ0) is 11.8. The maximum atomic E-state index is 4.60. The molecule has 0 aromatic carbocycles. The maximum absolute atomic E-state index is 4.60. The third-order valence-corrected chi connectivity index (χ3v) is 2.45. The van der Waals surface area contributed by atoms with Crippen LogP contribution in [0.5, 0.6) is 0 Å². The van der Waals surface area contributed by atoms with E-state index in [2.05, 4.69) is 30.7 Å². The zero-order valence-electron chi connectivity index (χ0n) is 10.2. The molecule has 2 aromatic rings. The van der Waals surface area contributed by atoms with E-state index in [-0.39, 0.29) is 5.41 Å². The van der Waals surface area contributed by atoms with E-state index in [1.807, 2.05) is 42.1 Å². The number of nitrogens with zero attached hydrogens (tertiary/aromatic N) is 3. The molecular formula is C13H17N3. The van der Waals surface area contributed by atoms with Crippen LogP contribution < -0.4 is 0 Å². The predicted octanol–water partition coefficient (Wildman–Crippen LogP) is 2.87. The van der Waals surface area contributed by atoms with Crippen LogP contribution in [0.3, 0.4) is 0 Å². The Morgan fingerprint density at radius 1 is 1.06 bits per heavy atom. The third-order valence-electron chi connectivity index (χ3n) is 2.45. The van der Waals surface area contributed by atoms with Crippen molar-refractivity contribution in [2.45, 2.75) is 33.1 Å². The van der Waals surface area contributed by atoms with Crippen LogP contribution >= 0.6 is 0 Å². The molecule has 16 heavy (non-hydrogen) atoms. The molecule has 0 aliphatic rings. The van der Waals surface area contributed by atoms with E-state index in [1.165, 1.54) is 0 Å². The average Bonchev–Trinajstić information content (AvgIpc) is 2.68. The molecule has 0 saturated carbocycles. The molecule has 2 rings (SSSR count). The molecule has 0 aliphatic carbocycles. The van der Waals surface area contributed by atoms with Crippen LogP contribution in [0.1, 0.15) is 32.2 Å². The van der Waals surface area contributed by atoms with Crippen molar-refractivity contribution in [3.63, 3.8) is 0 Å². The van der Waals surface area contributed by atoms with E-state index in [0.29, 0.717) is 0 Å². The summed E-state index contributed by atoms with van der Waals surface area (Å²) in [5.41, 5.74) is 2.13. The minimum atomic E-state index is 0.0512. The second-order valence-corrected chi connectivity index (χ2v) is 5.03. The second kappa shape index (κ2) is 3.74. The van der Waals surface area contributed by atoms with E-state index in [1.54, 1.807) is 0 Å². The first kappa shape index (κ1) is 10.9. The van der Waals surface area contributed by atoms with Crippen molar-refractivity contribution in [3.8, 4) is 5.95 Å². The highest BCUT2D eigenvalue weighted by Crippen LogP contribution is 2.21. The summed E-state index contributed by atoms with van der Waals surface area (Å²) in [6.07, 6.45) is 3.92. The van der Waals surface area contributed by atoms with Gasteiger partial charge in [0.15, 0.2) is 0 Å². The van der Waals surface area contributed by atoms with Gasteiger partial charge in [0.05, 0.1) is 5.69 Å². The molecule has 0 saturated heterocycles. The van der Waals surface area contributed by atoms with E-state index < -0.39 is 0 Å². The van der Waals surface area contributed by atoms with Crippen LogP contribution in [-0.2, 0) is 5.41 Å². The molecule has 0 amide bonds. The summed E-state index contributed by atoms with van der Waals surface area (Å²) in [6.45, 7) is 8.49. The Morgan fingerprint density at radius 2 is 1.69 bits per heavy atom. The molecule has 0 N–H and O–H groups in total. The van der Waals surface area contributed by atoms with Gasteiger partial charge in [0.2, 0.25) is 5.95 Å². The molecule has 0 unspecified atom stereocenters. The Kier molecular flexibility index (Phi) is 2.54. The number of aryl methyl sites for hydroxylation is 1. The summed E-state index contributed by atoms with van der Waals surface area (Å²) in [6, 6.07) is 6.00. The Bertz CT molecular complexity index is 478. The van der Waals surface area contributed by atoms with Crippen molar-refractivity contribution in [1.82, 2.24) is 14.5 Å². The van der Waals surface area contributed by atoms with Crippen molar-refractivity contribution >= 4 is 0 Å². The van der Waals surface area contributed by atoms with Crippen LogP contribution in [0.4, 0.5) is 0 Å². The van der Waals surface area contributed by atoms with Crippen LogP contribution in [-0.4, -0.2) is 14.5 Å². The highest BCUT2D eigenvalue weighted by atomic mass is 15.1. The molecule has 0 aliphatic heterocycles. The highest BCUT2D eigenvalue weighted by Gasteiger charge is 2.17. The van der Waals surface area contributed by atoms with Gasteiger partial charge in [-0.05, 0) is 25.1 Å². The standard InChI is InChI=1S/C13H17N3/c1-10-9-11(13(2,3)4)15-12(14-10)16-7-5-6-8-16/h5-9H,1-4H3. The first-order chi connectivity index (χ1) is 7.47. The van der Waals surface area contributed by atoms with Crippen LogP contribution in [0.15, 0.2) is 30.6 Å². The molecule has 3 heteroatoms. The summed E-state index contributed by atoms with van der Waals surface area (Å²) in [7, 11) is 0. The van der Waals surface area contributed by atoms with Gasteiger partial charge in [0, 0.05) is 23.5 Å². The van der Waals surface area contributed by atoms with E-state index in [0.717, 1.165) is 17.3 Å². The van der Waals surface area contributed by atoms with Crippen LogP contribution in [0.25, 0.3) is 5.95 Å². The molecule has 0 bridgehead atoms. The number of rotatable bonds is 1. The average molecular weight is 215 g/mol. The SMILES string of the molecule is Cc1cc(C(C)(C)C)nc(-n2cccc2)n1. The quantitative estimate of drug-likeness (QED) is 0.732. The summed E-state index contributed by atoms with van der Waals surface area (Å²) in [5.74, 6) is 0.745. The number of hydrogen-bond donors (Lipinski definition) is 0. The fraction of sp³-hybridized carbons (Fsp3) is 0.385. The number of aromatic nitrogens is 3. The van der Waals surface area contributed by atoms with Gasteiger partial charge in [0.1, 0.15) is 0 Å². The van der Waals surface area contributed by atoms with Gasteiger partial charge in [-0.1, -0.05) is 20.8 Å². The molecule has 0 radical (unpaired) electrons. The molecule has 0 fully saturated rings. The topological polar surface area (TPSA) is 30.7 Å². The van der Waals surface area contributed by atoms with Gasteiger partial charge < -0.3 is 0 Å². The minimum absolute atomic E-state index is 0.0512. The fourth-order valence-electron chi connectivity index (χ4n) is 1.52. The predicted molar refractivity (Wildman–Crippen MR) is 64.8 cm³/mol. The van der Waals surface area contributed by atoms with Gasteiger partial charge >= 0.3 is 0 Å². The number of hydrogen-bond acceptors (Lipinski definition) is 2. The maximum Gasteiger partial charge on any atom is 0.234 e. The molecule has 3 nitrogen and oxygen atoms in total. The van der Waals surface area contributed by atoms with Crippen LogP contribution in [0, 0.1) is 6.92 Å². The van der Waals surface area contributed by atoms with E-state index in [4.69, 9.17) is 0 Å². The monoisotopic (exact) mass is 215 g/mol. The molecule has 2 aromatic heterocycles. The minimum Gasteiger partial charge on any atom is -0.293 e. The Labute approximate surface area is 96.2 Å². The lowest BCUT2D eigenvalue weighted by Gasteiger charge is -2.18. The lowest BCUT2D eigenvalue weighted by atomic mass is 9.91. The smallest absolute Gasteiger partial charge is 0.234 e. The van der Waals surface area contributed by atoms with Gasteiger partial charge in [0.25, 0.3) is 0 Å².